The van der Waals surface area contributed by atoms with Crippen molar-refractivity contribution in [1.82, 2.24) is 9.66 Å². The molecular weight excluding hydrogens is 102 g/mol. The van der Waals surface area contributed by atoms with Gasteiger partial charge in [-0.15, -0.1) is 0 Å². The predicted octanol–water partition coefficient (Wildman–Crippen LogP) is -0.0265. The maximum Gasteiger partial charge on any atom is 0.127 e. The highest BCUT2D eigenvalue weighted by Gasteiger charge is 1.91. The van der Waals surface area contributed by atoms with Crippen LogP contribution in [0.4, 0.5) is 0 Å². The molecule has 43 valence electrons. The summed E-state index contributed by atoms with van der Waals surface area (Å²) < 4.78 is 1.47. The molecular formula is C5H8N3. The summed E-state index contributed by atoms with van der Waals surface area (Å²) in [6.07, 6.45) is 3.99. The molecule has 0 unspecified atom stereocenters. The zero-order chi connectivity index (χ0) is 5.98. The second-order valence-electron chi connectivity index (χ2n) is 1.50. The molecule has 0 atom stereocenters. The van der Waals surface area contributed by atoms with Crippen LogP contribution in [0.15, 0.2) is 12.4 Å². The third kappa shape index (κ3) is 0.665. The average Bonchev–Trinajstić information content (AvgIpc) is 2.14. The van der Waals surface area contributed by atoms with E-state index in [-0.39, 0.29) is 0 Å². The summed E-state index contributed by atoms with van der Waals surface area (Å²) in [5.74, 6) is 6.18. The molecule has 8 heavy (non-hydrogen) atoms. The number of nitrogen functional groups attached to an aromatic ring is 1. The molecule has 3 nitrogen and oxygen atoms in total. The van der Waals surface area contributed by atoms with Gasteiger partial charge in [0.05, 0.1) is 0 Å². The van der Waals surface area contributed by atoms with Crippen LogP contribution < -0.4 is 5.84 Å². The minimum Gasteiger partial charge on any atom is -0.338 e. The van der Waals surface area contributed by atoms with E-state index in [1.54, 1.807) is 12.4 Å². The van der Waals surface area contributed by atoms with Crippen LogP contribution in [0.1, 0.15) is 5.82 Å². The molecule has 0 fully saturated rings. The topological polar surface area (TPSA) is 43.8 Å². The van der Waals surface area contributed by atoms with Gasteiger partial charge in [0.1, 0.15) is 5.82 Å². The number of nitrogens with two attached hydrogens (primary N) is 1. The number of nitrogens with zero attached hydrogens (tertiary/aromatic N) is 2. The lowest BCUT2D eigenvalue weighted by Crippen LogP contribution is -2.10. The summed E-state index contributed by atoms with van der Waals surface area (Å²) in [4.78, 5) is 3.91. The molecule has 0 bridgehead atoms. The Bertz CT molecular complexity index is 168. The van der Waals surface area contributed by atoms with Gasteiger partial charge in [-0.1, -0.05) is 0 Å². The maximum absolute atomic E-state index is 5.37. The van der Waals surface area contributed by atoms with Crippen LogP contribution >= 0.6 is 0 Å². The second kappa shape index (κ2) is 1.86. The lowest BCUT2D eigenvalue weighted by atomic mass is 10.5. The zero-order valence-electron chi connectivity index (χ0n) is 4.54. The van der Waals surface area contributed by atoms with E-state index in [2.05, 4.69) is 11.9 Å². The quantitative estimate of drug-likeness (QED) is 0.516. The second-order valence-corrected chi connectivity index (χ2v) is 1.50. The minimum atomic E-state index is 0.642. The Kier molecular flexibility index (Phi) is 1.20. The number of rotatable bonds is 1. The average molecular weight is 110 g/mol. The van der Waals surface area contributed by atoms with Gasteiger partial charge < -0.3 is 5.84 Å². The Labute approximate surface area is 48.1 Å². The molecule has 0 aliphatic heterocycles. The van der Waals surface area contributed by atoms with E-state index in [1.807, 2.05) is 0 Å². The van der Waals surface area contributed by atoms with Crippen molar-refractivity contribution in [3.05, 3.63) is 25.1 Å². The summed E-state index contributed by atoms with van der Waals surface area (Å²) in [6.45, 7) is 3.63. The minimum absolute atomic E-state index is 0.642. The zero-order valence-corrected chi connectivity index (χ0v) is 4.54. The van der Waals surface area contributed by atoms with Crippen molar-refractivity contribution in [3.8, 4) is 0 Å². The van der Waals surface area contributed by atoms with Crippen molar-refractivity contribution in [2.24, 2.45) is 0 Å². The van der Waals surface area contributed by atoms with E-state index in [0.717, 1.165) is 5.82 Å². The van der Waals surface area contributed by atoms with E-state index >= 15 is 0 Å². The van der Waals surface area contributed by atoms with Gasteiger partial charge in [0, 0.05) is 18.8 Å². The van der Waals surface area contributed by atoms with Gasteiger partial charge in [0.25, 0.3) is 0 Å². The van der Waals surface area contributed by atoms with Gasteiger partial charge in [0.15, 0.2) is 0 Å². The maximum atomic E-state index is 5.37. The Balaban J connectivity index is 2.92. The molecule has 1 aromatic heterocycles. The Morgan fingerprint density at radius 3 is 2.88 bits per heavy atom. The van der Waals surface area contributed by atoms with Crippen LogP contribution in [0.5, 0.6) is 0 Å². The lowest BCUT2D eigenvalue weighted by molar-refractivity contribution is 0.888. The summed E-state index contributed by atoms with van der Waals surface area (Å²) in [7, 11) is 0. The van der Waals surface area contributed by atoms with Crippen molar-refractivity contribution in [3.63, 3.8) is 0 Å². The molecule has 2 N–H and O–H groups in total. The van der Waals surface area contributed by atoms with Crippen LogP contribution in [-0.4, -0.2) is 9.66 Å². The van der Waals surface area contributed by atoms with Crippen molar-refractivity contribution in [1.29, 1.82) is 0 Å². The Hall–Kier alpha value is -0.990. The number of hydrogen-bond donors (Lipinski definition) is 1. The number of aromatic nitrogens is 2. The fourth-order valence-corrected chi connectivity index (χ4v) is 0.538. The van der Waals surface area contributed by atoms with E-state index in [1.165, 1.54) is 4.68 Å². The Morgan fingerprint density at radius 1 is 1.88 bits per heavy atom. The summed E-state index contributed by atoms with van der Waals surface area (Å²) >= 11 is 0. The molecule has 0 aromatic carbocycles. The van der Waals surface area contributed by atoms with Gasteiger partial charge >= 0.3 is 0 Å². The van der Waals surface area contributed by atoms with Gasteiger partial charge in [0.2, 0.25) is 0 Å². The summed E-state index contributed by atoms with van der Waals surface area (Å²) in [5, 5.41) is 0. The summed E-state index contributed by atoms with van der Waals surface area (Å²) in [6, 6.07) is 0. The van der Waals surface area contributed by atoms with Gasteiger partial charge in [-0.05, 0) is 6.92 Å². The SMILES string of the molecule is [CH2]Cc1nccn1N. The van der Waals surface area contributed by atoms with Crippen molar-refractivity contribution >= 4 is 0 Å². The highest BCUT2D eigenvalue weighted by Crippen LogP contribution is 1.89. The van der Waals surface area contributed by atoms with Crippen molar-refractivity contribution < 1.29 is 0 Å². The summed E-state index contributed by atoms with van der Waals surface area (Å²) in [5.41, 5.74) is 0. The first-order valence-corrected chi connectivity index (χ1v) is 2.41. The van der Waals surface area contributed by atoms with Gasteiger partial charge in [-0.3, -0.25) is 4.68 Å². The molecule has 0 saturated carbocycles. The molecule has 0 saturated heterocycles. The highest BCUT2D eigenvalue weighted by molar-refractivity contribution is 4.92. The molecule has 0 aliphatic rings. The number of hydrogen-bond acceptors (Lipinski definition) is 2. The molecule has 3 heteroatoms. The van der Waals surface area contributed by atoms with Crippen LogP contribution in [0.25, 0.3) is 0 Å². The van der Waals surface area contributed by atoms with Crippen LogP contribution in [0.2, 0.25) is 0 Å². The first kappa shape index (κ1) is 5.15. The molecule has 0 spiro atoms. The molecule has 1 heterocycles. The normalized spacial score (nSPS) is 9.62. The van der Waals surface area contributed by atoms with E-state index < -0.39 is 0 Å². The van der Waals surface area contributed by atoms with Crippen LogP contribution in [0.3, 0.4) is 0 Å². The number of imidazole rings is 1. The smallest absolute Gasteiger partial charge is 0.127 e. The monoisotopic (exact) mass is 110 g/mol. The molecule has 1 radical (unpaired) electrons. The van der Waals surface area contributed by atoms with Crippen LogP contribution in [-0.2, 0) is 6.42 Å². The van der Waals surface area contributed by atoms with E-state index in [0.29, 0.717) is 6.42 Å². The third-order valence-electron chi connectivity index (χ3n) is 0.972. The fourth-order valence-electron chi connectivity index (χ4n) is 0.538. The standard InChI is InChI=1S/C5H8N3/c1-2-5-7-3-4-8(5)6/h3-4H,1-2,6H2. The van der Waals surface area contributed by atoms with E-state index in [9.17, 15) is 0 Å². The molecule has 0 amide bonds. The third-order valence-corrected chi connectivity index (χ3v) is 0.972. The predicted molar refractivity (Wildman–Crippen MR) is 31.4 cm³/mol. The first-order valence-electron chi connectivity index (χ1n) is 2.41. The molecule has 1 rings (SSSR count). The Morgan fingerprint density at radius 2 is 2.62 bits per heavy atom. The molecule has 1 aromatic rings. The van der Waals surface area contributed by atoms with Crippen molar-refractivity contribution in [2.75, 3.05) is 5.84 Å². The van der Waals surface area contributed by atoms with Crippen LogP contribution in [0, 0.1) is 6.92 Å². The highest BCUT2D eigenvalue weighted by atomic mass is 15.3. The van der Waals surface area contributed by atoms with Crippen molar-refractivity contribution in [2.45, 2.75) is 6.42 Å². The van der Waals surface area contributed by atoms with Gasteiger partial charge in [-0.2, -0.15) is 0 Å². The lowest BCUT2D eigenvalue weighted by Gasteiger charge is -1.93. The largest absolute Gasteiger partial charge is 0.338 e. The fraction of sp³-hybridized carbons (Fsp3) is 0.200. The first-order chi connectivity index (χ1) is 3.84. The van der Waals surface area contributed by atoms with Gasteiger partial charge in [-0.25, -0.2) is 4.98 Å². The molecule has 0 aliphatic carbocycles. The van der Waals surface area contributed by atoms with E-state index in [4.69, 9.17) is 5.84 Å².